The first-order chi connectivity index (χ1) is 10.2. The second-order valence-corrected chi connectivity index (χ2v) is 7.99. The van der Waals surface area contributed by atoms with Gasteiger partial charge >= 0.3 is 0 Å². The van der Waals surface area contributed by atoms with Crippen LogP contribution in [0.15, 0.2) is 22.7 Å². The van der Waals surface area contributed by atoms with Crippen LogP contribution >= 0.6 is 27.7 Å². The molecule has 0 saturated heterocycles. The molecule has 0 heterocycles. The van der Waals surface area contributed by atoms with Crippen LogP contribution in [-0.4, -0.2) is 31.2 Å². The lowest BCUT2D eigenvalue weighted by atomic mass is 10.0. The van der Waals surface area contributed by atoms with Crippen molar-refractivity contribution in [3.63, 3.8) is 0 Å². The first-order valence-corrected chi connectivity index (χ1v) is 9.68. The van der Waals surface area contributed by atoms with Crippen molar-refractivity contribution in [2.45, 2.75) is 49.8 Å². The molecule has 1 atom stereocenters. The number of methoxy groups -OCH3 is 1. The molecule has 1 aliphatic carbocycles. The van der Waals surface area contributed by atoms with E-state index in [4.69, 9.17) is 4.74 Å². The molecule has 4 heteroatoms. The highest BCUT2D eigenvalue weighted by Crippen LogP contribution is 2.30. The first kappa shape index (κ1) is 17.2. The molecule has 0 aromatic heterocycles. The maximum absolute atomic E-state index is 5.48. The number of halogens is 1. The van der Waals surface area contributed by atoms with E-state index in [2.05, 4.69) is 46.1 Å². The van der Waals surface area contributed by atoms with Gasteiger partial charge in [-0.3, -0.25) is 0 Å². The minimum absolute atomic E-state index is 0.500. The van der Waals surface area contributed by atoms with Crippen LogP contribution in [0.4, 0.5) is 0 Å². The van der Waals surface area contributed by atoms with E-state index in [9.17, 15) is 0 Å². The summed E-state index contributed by atoms with van der Waals surface area (Å²) in [6, 6.07) is 6.75. The van der Waals surface area contributed by atoms with Crippen molar-refractivity contribution in [1.82, 2.24) is 5.32 Å². The van der Waals surface area contributed by atoms with E-state index in [0.29, 0.717) is 6.04 Å². The van der Waals surface area contributed by atoms with Crippen molar-refractivity contribution in [2.75, 3.05) is 19.9 Å². The molecule has 0 bridgehead atoms. The number of nitrogens with one attached hydrogen (secondary N) is 1. The van der Waals surface area contributed by atoms with Gasteiger partial charge in [0.2, 0.25) is 0 Å². The van der Waals surface area contributed by atoms with Gasteiger partial charge in [0.15, 0.2) is 0 Å². The van der Waals surface area contributed by atoms with Crippen LogP contribution in [0.1, 0.15) is 37.7 Å². The predicted octanol–water partition coefficient (Wildman–Crippen LogP) is 4.65. The number of thioether (sulfide) groups is 1. The second kappa shape index (κ2) is 9.06. The third kappa shape index (κ3) is 5.50. The molecule has 1 unspecified atom stereocenters. The Kier molecular flexibility index (Phi) is 7.41. The monoisotopic (exact) mass is 371 g/mol. The molecule has 0 aliphatic heterocycles. The summed E-state index contributed by atoms with van der Waals surface area (Å²) in [5, 5.41) is 4.34. The lowest BCUT2D eigenvalue weighted by Crippen LogP contribution is -2.31. The average molecular weight is 372 g/mol. The molecule has 1 fully saturated rings. The number of hydrogen-bond acceptors (Lipinski definition) is 3. The van der Waals surface area contributed by atoms with Crippen LogP contribution in [0.25, 0.3) is 0 Å². The average Bonchev–Trinajstić information content (AvgIpc) is 2.52. The largest absolute Gasteiger partial charge is 0.496 e. The number of benzene rings is 1. The zero-order valence-corrected chi connectivity index (χ0v) is 15.4. The van der Waals surface area contributed by atoms with E-state index < -0.39 is 0 Å². The van der Waals surface area contributed by atoms with Crippen LogP contribution in [0, 0.1) is 0 Å². The highest BCUT2D eigenvalue weighted by molar-refractivity contribution is 9.10. The van der Waals surface area contributed by atoms with Gasteiger partial charge in [-0.15, -0.1) is 0 Å². The van der Waals surface area contributed by atoms with E-state index in [0.717, 1.165) is 21.9 Å². The summed E-state index contributed by atoms with van der Waals surface area (Å²) in [5.41, 5.74) is 1.27. The molecule has 21 heavy (non-hydrogen) atoms. The fraction of sp³-hybridized carbons (Fsp3) is 0.647. The van der Waals surface area contributed by atoms with Gasteiger partial charge in [0, 0.05) is 21.5 Å². The van der Waals surface area contributed by atoms with Gasteiger partial charge in [0.05, 0.1) is 7.11 Å². The molecule has 1 N–H and O–H groups in total. The number of likely N-dealkylation sites (N-methyl/N-ethyl adjacent to an activating group) is 1. The molecular formula is C17H26BrNOS. The Morgan fingerprint density at radius 2 is 2.10 bits per heavy atom. The summed E-state index contributed by atoms with van der Waals surface area (Å²) in [6.45, 7) is 0. The van der Waals surface area contributed by atoms with E-state index >= 15 is 0 Å². The van der Waals surface area contributed by atoms with Crippen LogP contribution in [0.5, 0.6) is 5.75 Å². The van der Waals surface area contributed by atoms with Gasteiger partial charge in [-0.1, -0.05) is 35.2 Å². The highest BCUT2D eigenvalue weighted by atomic mass is 79.9. The van der Waals surface area contributed by atoms with Gasteiger partial charge in [-0.2, -0.15) is 11.8 Å². The topological polar surface area (TPSA) is 21.3 Å². The van der Waals surface area contributed by atoms with Gasteiger partial charge < -0.3 is 10.1 Å². The van der Waals surface area contributed by atoms with E-state index in [1.807, 2.05) is 12.1 Å². The third-order valence-corrected chi connectivity index (χ3v) is 6.23. The molecule has 1 aromatic rings. The standard InChI is InChI=1S/C17H26BrNOS/c1-19-15(12-21-16-6-4-3-5-7-16)11-13-10-14(18)8-9-17(13)20-2/h8-10,15-16,19H,3-7,11-12H2,1-2H3. The van der Waals surface area contributed by atoms with Gasteiger partial charge in [-0.25, -0.2) is 0 Å². The summed E-state index contributed by atoms with van der Waals surface area (Å²) in [6.07, 6.45) is 8.09. The number of ether oxygens (including phenoxy) is 1. The molecule has 0 radical (unpaired) electrons. The Balaban J connectivity index is 1.90. The van der Waals surface area contributed by atoms with E-state index in [-0.39, 0.29) is 0 Å². The molecule has 0 amide bonds. The van der Waals surface area contributed by atoms with Crippen LogP contribution in [-0.2, 0) is 6.42 Å². The lowest BCUT2D eigenvalue weighted by Gasteiger charge is -2.24. The number of rotatable bonds is 7. The molecule has 0 spiro atoms. The summed E-state index contributed by atoms with van der Waals surface area (Å²) < 4.78 is 6.60. The van der Waals surface area contributed by atoms with E-state index in [1.165, 1.54) is 43.4 Å². The molecular weight excluding hydrogens is 346 g/mol. The van der Waals surface area contributed by atoms with Crippen molar-refractivity contribution in [2.24, 2.45) is 0 Å². The maximum atomic E-state index is 5.48. The van der Waals surface area contributed by atoms with Crippen molar-refractivity contribution < 1.29 is 4.74 Å². The summed E-state index contributed by atoms with van der Waals surface area (Å²) in [4.78, 5) is 0. The van der Waals surface area contributed by atoms with Crippen molar-refractivity contribution in [3.8, 4) is 5.75 Å². The third-order valence-electron chi connectivity index (χ3n) is 4.20. The first-order valence-electron chi connectivity index (χ1n) is 7.84. The normalized spacial score (nSPS) is 17.7. The Bertz CT molecular complexity index is 435. The van der Waals surface area contributed by atoms with Crippen LogP contribution < -0.4 is 10.1 Å². The van der Waals surface area contributed by atoms with E-state index in [1.54, 1.807) is 7.11 Å². The summed E-state index contributed by atoms with van der Waals surface area (Å²) >= 11 is 5.71. The Morgan fingerprint density at radius 1 is 1.33 bits per heavy atom. The Labute approximate surface area is 141 Å². The summed E-state index contributed by atoms with van der Waals surface area (Å²) in [5.74, 6) is 2.16. The van der Waals surface area contributed by atoms with Crippen molar-refractivity contribution in [3.05, 3.63) is 28.2 Å². The fourth-order valence-corrected chi connectivity index (χ4v) is 4.76. The van der Waals surface area contributed by atoms with Gasteiger partial charge in [0.25, 0.3) is 0 Å². The highest BCUT2D eigenvalue weighted by Gasteiger charge is 2.17. The van der Waals surface area contributed by atoms with Crippen LogP contribution in [0.3, 0.4) is 0 Å². The molecule has 2 nitrogen and oxygen atoms in total. The van der Waals surface area contributed by atoms with Gasteiger partial charge in [0.1, 0.15) is 5.75 Å². The Morgan fingerprint density at radius 3 is 2.76 bits per heavy atom. The lowest BCUT2D eigenvalue weighted by molar-refractivity contribution is 0.407. The molecule has 1 saturated carbocycles. The SMILES string of the molecule is CNC(CSC1CCCCC1)Cc1cc(Br)ccc1OC. The van der Waals surface area contributed by atoms with Crippen molar-refractivity contribution >= 4 is 27.7 Å². The molecule has 1 aliphatic rings. The fourth-order valence-electron chi connectivity index (χ4n) is 2.90. The minimum Gasteiger partial charge on any atom is -0.496 e. The Hall–Kier alpha value is -0.190. The smallest absolute Gasteiger partial charge is 0.122 e. The summed E-state index contributed by atoms with van der Waals surface area (Å²) in [7, 11) is 3.81. The minimum atomic E-state index is 0.500. The zero-order valence-electron chi connectivity index (χ0n) is 13.0. The number of hydrogen-bond donors (Lipinski definition) is 1. The molecule has 118 valence electrons. The maximum Gasteiger partial charge on any atom is 0.122 e. The zero-order chi connectivity index (χ0) is 15.1. The van der Waals surface area contributed by atoms with Crippen LogP contribution in [0.2, 0.25) is 0 Å². The predicted molar refractivity (Wildman–Crippen MR) is 96.6 cm³/mol. The molecule has 2 rings (SSSR count). The second-order valence-electron chi connectivity index (χ2n) is 5.74. The molecule has 1 aromatic carbocycles. The van der Waals surface area contributed by atoms with Gasteiger partial charge in [-0.05, 0) is 50.1 Å². The van der Waals surface area contributed by atoms with Crippen molar-refractivity contribution in [1.29, 1.82) is 0 Å². The quantitative estimate of drug-likeness (QED) is 0.753.